The van der Waals surface area contributed by atoms with Crippen molar-refractivity contribution in [3.8, 4) is 5.75 Å². The molecule has 0 radical (unpaired) electrons. The molecule has 0 aliphatic rings. The zero-order valence-corrected chi connectivity index (χ0v) is 11.3. The quantitative estimate of drug-likeness (QED) is 0.920. The molecule has 1 heterocycles. The topological polar surface area (TPSA) is 34.2 Å². The fraction of sp³-hybridized carbons (Fsp3) is 0.154. The summed E-state index contributed by atoms with van der Waals surface area (Å²) in [5.41, 5.74) is 1.82. The molecule has 3 nitrogen and oxygen atoms in total. The highest BCUT2D eigenvalue weighted by Gasteiger charge is 2.03. The van der Waals surface area contributed by atoms with Gasteiger partial charge in [0.25, 0.3) is 0 Å². The lowest BCUT2D eigenvalue weighted by Crippen LogP contribution is -1.99. The fourth-order valence-electron chi connectivity index (χ4n) is 1.46. The lowest BCUT2D eigenvalue weighted by molar-refractivity contribution is 0.301. The van der Waals surface area contributed by atoms with E-state index in [1.54, 1.807) is 24.4 Å². The third-order valence-electron chi connectivity index (χ3n) is 2.37. The maximum absolute atomic E-state index is 6.01. The summed E-state index contributed by atoms with van der Waals surface area (Å²) in [6.45, 7) is 0.358. The average Bonchev–Trinajstić information content (AvgIpc) is 2.38. The predicted octanol–water partition coefficient (Wildman–Crippen LogP) is 4.01. The van der Waals surface area contributed by atoms with Crippen molar-refractivity contribution in [2.75, 3.05) is 12.4 Å². The molecule has 0 atom stereocenters. The molecular formula is C13H12Cl2N2O. The van der Waals surface area contributed by atoms with E-state index in [4.69, 9.17) is 27.9 Å². The Bertz CT molecular complexity index is 546. The van der Waals surface area contributed by atoms with Crippen molar-refractivity contribution in [2.45, 2.75) is 6.61 Å². The number of pyridine rings is 1. The summed E-state index contributed by atoms with van der Waals surface area (Å²) >= 11 is 11.8. The minimum atomic E-state index is 0.358. The summed E-state index contributed by atoms with van der Waals surface area (Å²) in [6.07, 6.45) is 1.73. The molecule has 0 fully saturated rings. The van der Waals surface area contributed by atoms with Crippen molar-refractivity contribution >= 4 is 28.9 Å². The molecule has 0 aliphatic carbocycles. The van der Waals surface area contributed by atoms with E-state index in [0.717, 1.165) is 11.4 Å². The van der Waals surface area contributed by atoms with E-state index in [1.807, 2.05) is 19.2 Å². The van der Waals surface area contributed by atoms with Crippen LogP contribution in [0.25, 0.3) is 0 Å². The first-order valence-electron chi connectivity index (χ1n) is 5.39. The summed E-state index contributed by atoms with van der Waals surface area (Å²) in [6, 6.07) is 8.94. The predicted molar refractivity (Wildman–Crippen MR) is 74.6 cm³/mol. The standard InChI is InChI=1S/C13H12Cl2N2O/c1-16-10-4-5-17-11(7-10)8-18-13-3-2-9(14)6-12(13)15/h2-7H,8H2,1H3,(H,16,17). The number of hydrogen-bond donors (Lipinski definition) is 1. The molecule has 5 heteroatoms. The van der Waals surface area contributed by atoms with Gasteiger partial charge in [-0.05, 0) is 30.3 Å². The minimum absolute atomic E-state index is 0.358. The van der Waals surface area contributed by atoms with E-state index in [-0.39, 0.29) is 0 Å². The van der Waals surface area contributed by atoms with Crippen LogP contribution >= 0.6 is 23.2 Å². The molecular weight excluding hydrogens is 271 g/mol. The summed E-state index contributed by atoms with van der Waals surface area (Å²) in [5, 5.41) is 4.12. The van der Waals surface area contributed by atoms with Crippen LogP contribution in [0.3, 0.4) is 0 Å². The zero-order chi connectivity index (χ0) is 13.0. The number of aromatic nitrogens is 1. The van der Waals surface area contributed by atoms with Gasteiger partial charge in [0.15, 0.2) is 0 Å². The average molecular weight is 283 g/mol. The van der Waals surface area contributed by atoms with Crippen LogP contribution in [-0.4, -0.2) is 12.0 Å². The molecule has 0 spiro atoms. The lowest BCUT2D eigenvalue weighted by Gasteiger charge is -2.08. The first-order valence-corrected chi connectivity index (χ1v) is 6.15. The molecule has 1 aromatic carbocycles. The van der Waals surface area contributed by atoms with Crippen LogP contribution in [0.15, 0.2) is 36.5 Å². The monoisotopic (exact) mass is 282 g/mol. The SMILES string of the molecule is CNc1ccnc(COc2ccc(Cl)cc2Cl)c1. The van der Waals surface area contributed by atoms with Crippen LogP contribution in [-0.2, 0) is 6.61 Å². The van der Waals surface area contributed by atoms with Crippen molar-refractivity contribution in [1.29, 1.82) is 0 Å². The van der Waals surface area contributed by atoms with Crippen LogP contribution in [0.4, 0.5) is 5.69 Å². The van der Waals surface area contributed by atoms with Gasteiger partial charge in [-0.15, -0.1) is 0 Å². The van der Waals surface area contributed by atoms with Crippen molar-refractivity contribution in [2.24, 2.45) is 0 Å². The van der Waals surface area contributed by atoms with Gasteiger partial charge in [-0.25, -0.2) is 0 Å². The summed E-state index contributed by atoms with van der Waals surface area (Å²) in [5.74, 6) is 0.595. The third-order valence-corrected chi connectivity index (χ3v) is 2.91. The normalized spacial score (nSPS) is 10.2. The van der Waals surface area contributed by atoms with Gasteiger partial charge >= 0.3 is 0 Å². The summed E-state index contributed by atoms with van der Waals surface area (Å²) < 4.78 is 5.60. The third kappa shape index (κ3) is 3.28. The Balaban J connectivity index is 2.06. The van der Waals surface area contributed by atoms with Crippen molar-refractivity contribution in [1.82, 2.24) is 4.98 Å². The second-order valence-corrected chi connectivity index (χ2v) is 4.49. The highest BCUT2D eigenvalue weighted by molar-refractivity contribution is 6.35. The first-order chi connectivity index (χ1) is 8.69. The first kappa shape index (κ1) is 13.0. The van der Waals surface area contributed by atoms with Gasteiger partial charge in [-0.3, -0.25) is 4.98 Å². The summed E-state index contributed by atoms with van der Waals surface area (Å²) in [7, 11) is 1.86. The smallest absolute Gasteiger partial charge is 0.138 e. The van der Waals surface area contributed by atoms with Gasteiger partial charge in [0, 0.05) is 24.0 Å². The highest BCUT2D eigenvalue weighted by atomic mass is 35.5. The number of nitrogens with zero attached hydrogens (tertiary/aromatic N) is 1. The van der Waals surface area contributed by atoms with Gasteiger partial charge in [-0.1, -0.05) is 23.2 Å². The van der Waals surface area contributed by atoms with Crippen LogP contribution < -0.4 is 10.1 Å². The van der Waals surface area contributed by atoms with Crippen LogP contribution in [0.5, 0.6) is 5.75 Å². The maximum atomic E-state index is 6.01. The van der Waals surface area contributed by atoms with Crippen molar-refractivity contribution in [3.63, 3.8) is 0 Å². The molecule has 0 saturated heterocycles. The van der Waals surface area contributed by atoms with Gasteiger partial charge < -0.3 is 10.1 Å². The molecule has 2 aromatic rings. The highest BCUT2D eigenvalue weighted by Crippen LogP contribution is 2.28. The molecule has 18 heavy (non-hydrogen) atoms. The molecule has 2 rings (SSSR count). The van der Waals surface area contributed by atoms with E-state index in [2.05, 4.69) is 10.3 Å². The Morgan fingerprint density at radius 3 is 2.78 bits per heavy atom. The summed E-state index contributed by atoms with van der Waals surface area (Å²) in [4.78, 5) is 4.22. The number of rotatable bonds is 4. The van der Waals surface area contributed by atoms with Gasteiger partial charge in [0.2, 0.25) is 0 Å². The number of halogens is 2. The zero-order valence-electron chi connectivity index (χ0n) is 9.78. The number of hydrogen-bond acceptors (Lipinski definition) is 3. The van der Waals surface area contributed by atoms with Gasteiger partial charge in [-0.2, -0.15) is 0 Å². The Morgan fingerprint density at radius 1 is 1.22 bits per heavy atom. The molecule has 1 N–H and O–H groups in total. The van der Waals surface area contributed by atoms with Crippen molar-refractivity contribution < 1.29 is 4.74 Å². The van der Waals surface area contributed by atoms with E-state index < -0.39 is 0 Å². The number of ether oxygens (including phenoxy) is 1. The van der Waals surface area contributed by atoms with Crippen LogP contribution in [0.2, 0.25) is 10.0 Å². The number of benzene rings is 1. The molecule has 0 amide bonds. The molecule has 94 valence electrons. The van der Waals surface area contributed by atoms with E-state index >= 15 is 0 Å². The Kier molecular flexibility index (Phi) is 4.28. The Morgan fingerprint density at radius 2 is 2.06 bits per heavy atom. The van der Waals surface area contributed by atoms with E-state index in [0.29, 0.717) is 22.4 Å². The number of anilines is 1. The Hall–Kier alpha value is -1.45. The minimum Gasteiger partial charge on any atom is -0.486 e. The molecule has 0 saturated carbocycles. The molecule has 0 bridgehead atoms. The van der Waals surface area contributed by atoms with Crippen LogP contribution in [0, 0.1) is 0 Å². The van der Waals surface area contributed by atoms with E-state index in [1.165, 1.54) is 0 Å². The van der Waals surface area contributed by atoms with Gasteiger partial charge in [0.1, 0.15) is 12.4 Å². The Labute approximate surface area is 116 Å². The maximum Gasteiger partial charge on any atom is 0.138 e. The number of nitrogens with one attached hydrogen (secondary N) is 1. The van der Waals surface area contributed by atoms with E-state index in [9.17, 15) is 0 Å². The largest absolute Gasteiger partial charge is 0.486 e. The lowest BCUT2D eigenvalue weighted by atomic mass is 10.3. The second kappa shape index (κ2) is 5.94. The second-order valence-electron chi connectivity index (χ2n) is 3.65. The molecule has 1 aromatic heterocycles. The van der Waals surface area contributed by atoms with Crippen LogP contribution in [0.1, 0.15) is 5.69 Å². The van der Waals surface area contributed by atoms with Gasteiger partial charge in [0.05, 0.1) is 10.7 Å². The fourth-order valence-corrected chi connectivity index (χ4v) is 1.92. The molecule has 0 unspecified atom stereocenters. The van der Waals surface area contributed by atoms with Crippen molar-refractivity contribution in [3.05, 3.63) is 52.3 Å². The molecule has 0 aliphatic heterocycles.